The van der Waals surface area contributed by atoms with Gasteiger partial charge in [-0.2, -0.15) is 0 Å². The monoisotopic (exact) mass is 479 g/mol. The molecule has 1 aliphatic carbocycles. The Balaban J connectivity index is 1.48. The molecule has 8 heteroatoms. The largest absolute Gasteiger partial charge is 0.350 e. The number of hydrogen-bond acceptors (Lipinski definition) is 5. The first-order valence-electron chi connectivity index (χ1n) is 12.9. The highest BCUT2D eigenvalue weighted by molar-refractivity contribution is 5.99. The fourth-order valence-corrected chi connectivity index (χ4v) is 4.92. The van der Waals surface area contributed by atoms with E-state index in [1.54, 1.807) is 34.3 Å². The molecule has 2 aromatic rings. The molecule has 0 spiro atoms. The van der Waals surface area contributed by atoms with Crippen LogP contribution in [0.1, 0.15) is 84.7 Å². The summed E-state index contributed by atoms with van der Waals surface area (Å²) in [5, 5.41) is 3.07. The zero-order chi connectivity index (χ0) is 24.8. The van der Waals surface area contributed by atoms with Crippen molar-refractivity contribution in [2.75, 3.05) is 26.2 Å². The summed E-state index contributed by atoms with van der Waals surface area (Å²) in [6.45, 7) is 7.31. The lowest BCUT2D eigenvalue weighted by atomic mass is 10.1. The summed E-state index contributed by atoms with van der Waals surface area (Å²) in [5.74, 6) is -0.662. The van der Waals surface area contributed by atoms with Crippen molar-refractivity contribution in [1.29, 1.82) is 0 Å². The summed E-state index contributed by atoms with van der Waals surface area (Å²) in [6, 6.07) is 4.10. The van der Waals surface area contributed by atoms with Gasteiger partial charge in [0.15, 0.2) is 0 Å². The maximum Gasteiger partial charge on any atom is 0.259 e. The normalized spacial score (nSPS) is 17.9. The maximum atomic E-state index is 13.4. The van der Waals surface area contributed by atoms with Gasteiger partial charge in [0.2, 0.25) is 5.43 Å². The number of carbonyl (C=O) groups excluding carboxylic acids is 2. The van der Waals surface area contributed by atoms with Gasteiger partial charge in [-0.25, -0.2) is 0 Å². The first-order chi connectivity index (χ1) is 16.9. The predicted molar refractivity (Wildman–Crippen MR) is 135 cm³/mol. The average molecular weight is 480 g/mol. The summed E-state index contributed by atoms with van der Waals surface area (Å²) in [4.78, 5) is 48.0. The highest BCUT2D eigenvalue weighted by Gasteiger charge is 2.27. The number of pyridine rings is 2. The van der Waals surface area contributed by atoms with Crippen LogP contribution in [0.4, 0.5) is 0 Å². The fraction of sp³-hybridized carbons (Fsp3) is 0.556. The second-order valence-corrected chi connectivity index (χ2v) is 10.0. The van der Waals surface area contributed by atoms with Crippen LogP contribution >= 0.6 is 0 Å². The average Bonchev–Trinajstić information content (AvgIpc) is 3.13. The maximum absolute atomic E-state index is 13.4. The lowest BCUT2D eigenvalue weighted by Gasteiger charge is -2.34. The summed E-state index contributed by atoms with van der Waals surface area (Å²) in [6.07, 6.45) is 13.2. The van der Waals surface area contributed by atoms with E-state index in [0.29, 0.717) is 13.1 Å². The Labute approximate surface area is 207 Å². The van der Waals surface area contributed by atoms with Crippen LogP contribution in [-0.4, -0.2) is 63.4 Å². The Morgan fingerprint density at radius 2 is 1.60 bits per heavy atom. The number of amides is 2. The van der Waals surface area contributed by atoms with Gasteiger partial charge in [-0.1, -0.05) is 25.7 Å². The van der Waals surface area contributed by atoms with Crippen LogP contribution in [-0.2, 0) is 6.54 Å². The van der Waals surface area contributed by atoms with Crippen LogP contribution in [0.3, 0.4) is 0 Å². The number of carbonyl (C=O) groups is 2. The molecule has 1 saturated heterocycles. The molecule has 2 amide bonds. The third-order valence-electron chi connectivity index (χ3n) is 7.12. The number of aromatic nitrogens is 2. The summed E-state index contributed by atoms with van der Waals surface area (Å²) in [7, 11) is 0. The van der Waals surface area contributed by atoms with E-state index in [1.807, 2.05) is 26.0 Å². The molecule has 188 valence electrons. The van der Waals surface area contributed by atoms with Gasteiger partial charge in [0.05, 0.1) is 0 Å². The molecule has 0 unspecified atom stereocenters. The molecule has 3 heterocycles. The van der Waals surface area contributed by atoms with Crippen molar-refractivity contribution >= 4 is 11.8 Å². The third kappa shape index (κ3) is 6.36. The Bertz CT molecular complexity index is 1070. The van der Waals surface area contributed by atoms with E-state index in [0.717, 1.165) is 45.3 Å². The van der Waals surface area contributed by atoms with E-state index in [2.05, 4.69) is 15.2 Å². The molecular weight excluding hydrogens is 442 g/mol. The van der Waals surface area contributed by atoms with Crippen LogP contribution < -0.4 is 10.7 Å². The van der Waals surface area contributed by atoms with Gasteiger partial charge in [0, 0.05) is 69.6 Å². The molecule has 0 aromatic carbocycles. The van der Waals surface area contributed by atoms with Gasteiger partial charge in [-0.3, -0.25) is 24.3 Å². The Kier molecular flexibility index (Phi) is 8.33. The van der Waals surface area contributed by atoms with E-state index >= 15 is 0 Å². The van der Waals surface area contributed by atoms with E-state index in [9.17, 15) is 14.4 Å². The topological polar surface area (TPSA) is 87.5 Å². The van der Waals surface area contributed by atoms with Crippen molar-refractivity contribution in [3.05, 3.63) is 63.8 Å². The minimum atomic E-state index is -0.475. The van der Waals surface area contributed by atoms with Gasteiger partial charge in [-0.05, 0) is 44.4 Å². The van der Waals surface area contributed by atoms with Crippen molar-refractivity contribution in [1.82, 2.24) is 24.7 Å². The quantitative estimate of drug-likeness (QED) is 0.643. The predicted octanol–water partition coefficient (Wildman–Crippen LogP) is 3.23. The second-order valence-electron chi connectivity index (χ2n) is 10.0. The SMILES string of the molecule is CC(C)n1cc(C(=O)NC2CCCCCC2)c(=O)c(C(=O)N2CCN(Cc3ccncc3)CC2)c1. The molecular formula is C27H37N5O3. The highest BCUT2D eigenvalue weighted by Crippen LogP contribution is 2.18. The molecule has 2 fully saturated rings. The highest BCUT2D eigenvalue weighted by atomic mass is 16.2. The molecule has 0 radical (unpaired) electrons. The van der Waals surface area contributed by atoms with Crippen molar-refractivity contribution in [3.63, 3.8) is 0 Å². The first-order valence-corrected chi connectivity index (χ1v) is 12.9. The van der Waals surface area contributed by atoms with E-state index < -0.39 is 5.43 Å². The number of nitrogens with zero attached hydrogens (tertiary/aromatic N) is 4. The lowest BCUT2D eigenvalue weighted by molar-refractivity contribution is 0.0626. The molecule has 0 bridgehead atoms. The van der Waals surface area contributed by atoms with Crippen molar-refractivity contribution < 1.29 is 9.59 Å². The molecule has 8 nitrogen and oxygen atoms in total. The molecule has 2 aromatic heterocycles. The van der Waals surface area contributed by atoms with Gasteiger partial charge < -0.3 is 14.8 Å². The fourth-order valence-electron chi connectivity index (χ4n) is 4.92. The smallest absolute Gasteiger partial charge is 0.259 e. The van der Waals surface area contributed by atoms with Crippen molar-refractivity contribution in [3.8, 4) is 0 Å². The van der Waals surface area contributed by atoms with Crippen LogP contribution in [0.15, 0.2) is 41.7 Å². The molecule has 2 aliphatic rings. The molecule has 35 heavy (non-hydrogen) atoms. The lowest BCUT2D eigenvalue weighted by Crippen LogP contribution is -2.49. The second kappa shape index (κ2) is 11.6. The van der Waals surface area contributed by atoms with Crippen LogP contribution in [0, 0.1) is 0 Å². The molecule has 0 atom stereocenters. The van der Waals surface area contributed by atoms with E-state index in [-0.39, 0.29) is 35.0 Å². The van der Waals surface area contributed by atoms with E-state index in [1.165, 1.54) is 18.4 Å². The number of nitrogens with one attached hydrogen (secondary N) is 1. The number of rotatable bonds is 6. The minimum Gasteiger partial charge on any atom is -0.350 e. The standard InChI is InChI=1S/C27H37N5O3/c1-20(2)32-18-23(26(34)29-22-7-5-3-4-6-8-22)25(33)24(19-32)27(35)31-15-13-30(14-16-31)17-21-9-11-28-12-10-21/h9-12,18-20,22H,3-8,13-17H2,1-2H3,(H,29,34). The zero-order valence-corrected chi connectivity index (χ0v) is 20.9. The Morgan fingerprint density at radius 3 is 2.23 bits per heavy atom. The minimum absolute atomic E-state index is 0.0174. The molecule has 1 N–H and O–H groups in total. The van der Waals surface area contributed by atoms with Crippen molar-refractivity contribution in [2.45, 2.75) is 71.0 Å². The Hall–Kier alpha value is -3.00. The summed E-state index contributed by atoms with van der Waals surface area (Å²) >= 11 is 0. The van der Waals surface area contributed by atoms with Crippen LogP contribution in [0.25, 0.3) is 0 Å². The Morgan fingerprint density at radius 1 is 0.971 bits per heavy atom. The van der Waals surface area contributed by atoms with Crippen LogP contribution in [0.5, 0.6) is 0 Å². The van der Waals surface area contributed by atoms with Crippen LogP contribution in [0.2, 0.25) is 0 Å². The zero-order valence-electron chi connectivity index (χ0n) is 20.9. The molecule has 1 aliphatic heterocycles. The first kappa shape index (κ1) is 25.1. The van der Waals surface area contributed by atoms with E-state index in [4.69, 9.17) is 0 Å². The summed E-state index contributed by atoms with van der Waals surface area (Å²) in [5.41, 5.74) is 0.851. The van der Waals surface area contributed by atoms with Crippen molar-refractivity contribution in [2.24, 2.45) is 0 Å². The van der Waals surface area contributed by atoms with Gasteiger partial charge in [-0.15, -0.1) is 0 Å². The summed E-state index contributed by atoms with van der Waals surface area (Å²) < 4.78 is 1.80. The van der Waals surface area contributed by atoms with Gasteiger partial charge >= 0.3 is 0 Å². The molecule has 1 saturated carbocycles. The number of hydrogen-bond donors (Lipinski definition) is 1. The molecule has 4 rings (SSSR count). The third-order valence-corrected chi connectivity index (χ3v) is 7.12. The number of piperazine rings is 1. The van der Waals surface area contributed by atoms with Gasteiger partial charge in [0.1, 0.15) is 11.1 Å². The van der Waals surface area contributed by atoms with Gasteiger partial charge in [0.25, 0.3) is 11.8 Å².